The third kappa shape index (κ3) is 1.33. The summed E-state index contributed by atoms with van der Waals surface area (Å²) in [5.74, 6) is 0. The van der Waals surface area contributed by atoms with Gasteiger partial charge in [-0.3, -0.25) is 9.98 Å². The second-order valence-electron chi connectivity index (χ2n) is 2.59. The van der Waals surface area contributed by atoms with Crippen LogP contribution in [0.3, 0.4) is 0 Å². The number of nitrogens with zero attached hydrogens (tertiary/aromatic N) is 2. The molecule has 2 aliphatic rings. The smallest absolute Gasteiger partial charge is 0.108 e. The topological polar surface area (TPSA) is 24.7 Å². The molecule has 0 aromatic rings. The fourth-order valence-corrected chi connectivity index (χ4v) is 2.23. The highest BCUT2D eigenvalue weighted by Gasteiger charge is 2.28. The third-order valence-electron chi connectivity index (χ3n) is 1.83. The molecule has 0 amide bonds. The van der Waals surface area contributed by atoms with E-state index < -0.39 is 0 Å². The number of halogens is 2. The third-order valence-corrected chi connectivity index (χ3v) is 3.29. The highest BCUT2D eigenvalue weighted by atomic mass is 79.9. The zero-order chi connectivity index (χ0) is 8.55. The predicted octanol–water partition coefficient (Wildman–Crippen LogP) is 2.45. The Balaban J connectivity index is 2.38. The molecular weight excluding hydrogens is 284 g/mol. The molecule has 0 radical (unpaired) electrons. The molecule has 1 aliphatic heterocycles. The molecule has 2 nitrogen and oxygen atoms in total. The van der Waals surface area contributed by atoms with E-state index in [0.29, 0.717) is 0 Å². The Morgan fingerprint density at radius 3 is 1.75 bits per heavy atom. The fraction of sp³-hybridized carbons (Fsp3) is 0.250. The Labute approximate surface area is 87.4 Å². The number of allylic oxidation sites excluding steroid dienone is 2. The van der Waals surface area contributed by atoms with Gasteiger partial charge in [0, 0.05) is 21.4 Å². The minimum atomic E-state index is 0.134. The van der Waals surface area contributed by atoms with E-state index in [0.717, 1.165) is 8.96 Å². The molecular formula is C8H6Br2N2. The predicted molar refractivity (Wildman–Crippen MR) is 58.6 cm³/mol. The molecule has 62 valence electrons. The first-order chi connectivity index (χ1) is 5.79. The Bertz CT molecular complexity index is 283. The van der Waals surface area contributed by atoms with Gasteiger partial charge < -0.3 is 0 Å². The summed E-state index contributed by atoms with van der Waals surface area (Å²) in [4.78, 5) is 8.65. The summed E-state index contributed by atoms with van der Waals surface area (Å²) in [6.07, 6.45) is 7.48. The van der Waals surface area contributed by atoms with Crippen LogP contribution in [0.5, 0.6) is 0 Å². The first-order valence-electron chi connectivity index (χ1n) is 3.57. The second kappa shape index (κ2) is 3.26. The van der Waals surface area contributed by atoms with Gasteiger partial charge in [-0.15, -0.1) is 0 Å². The van der Waals surface area contributed by atoms with Crippen molar-refractivity contribution in [2.45, 2.75) is 12.1 Å². The van der Waals surface area contributed by atoms with Gasteiger partial charge in [-0.25, -0.2) is 0 Å². The molecule has 4 heteroatoms. The molecule has 2 atom stereocenters. The summed E-state index contributed by atoms with van der Waals surface area (Å²) in [5.41, 5.74) is 0. The Hall–Kier alpha value is -0.220. The first kappa shape index (κ1) is 8.38. The Morgan fingerprint density at radius 1 is 0.917 bits per heavy atom. The quantitative estimate of drug-likeness (QED) is 0.654. The van der Waals surface area contributed by atoms with Crippen LogP contribution >= 0.6 is 31.9 Å². The van der Waals surface area contributed by atoms with E-state index in [1.807, 2.05) is 12.2 Å². The van der Waals surface area contributed by atoms with Crippen molar-refractivity contribution in [1.82, 2.24) is 0 Å². The molecule has 2 unspecified atom stereocenters. The van der Waals surface area contributed by atoms with Gasteiger partial charge in [-0.2, -0.15) is 0 Å². The number of hydrogen-bond acceptors (Lipinski definition) is 2. The minimum absolute atomic E-state index is 0.134. The first-order valence-corrected chi connectivity index (χ1v) is 5.15. The minimum Gasteiger partial charge on any atom is -0.280 e. The van der Waals surface area contributed by atoms with E-state index in [1.165, 1.54) is 0 Å². The van der Waals surface area contributed by atoms with Gasteiger partial charge in [0.2, 0.25) is 0 Å². The van der Waals surface area contributed by atoms with Crippen LogP contribution in [0.15, 0.2) is 31.1 Å². The van der Waals surface area contributed by atoms with Gasteiger partial charge in [-0.1, -0.05) is 31.9 Å². The van der Waals surface area contributed by atoms with Crippen LogP contribution in [0.4, 0.5) is 0 Å². The van der Waals surface area contributed by atoms with Gasteiger partial charge in [0.1, 0.15) is 12.1 Å². The molecule has 1 aliphatic carbocycles. The van der Waals surface area contributed by atoms with Crippen molar-refractivity contribution in [3.05, 3.63) is 21.1 Å². The molecule has 0 N–H and O–H groups in total. The van der Waals surface area contributed by atoms with Crippen molar-refractivity contribution in [2.24, 2.45) is 9.98 Å². The average molecular weight is 290 g/mol. The van der Waals surface area contributed by atoms with Crippen LogP contribution in [0.1, 0.15) is 0 Å². The number of hydrogen-bond donors (Lipinski definition) is 0. The fourth-order valence-electron chi connectivity index (χ4n) is 1.23. The molecule has 0 fully saturated rings. The zero-order valence-electron chi connectivity index (χ0n) is 6.11. The maximum absolute atomic E-state index is 4.32. The monoisotopic (exact) mass is 288 g/mol. The van der Waals surface area contributed by atoms with Crippen LogP contribution in [0.25, 0.3) is 0 Å². The van der Waals surface area contributed by atoms with Gasteiger partial charge in [0.15, 0.2) is 0 Å². The lowest BCUT2D eigenvalue weighted by Crippen LogP contribution is -2.28. The lowest BCUT2D eigenvalue weighted by atomic mass is 10.0. The maximum Gasteiger partial charge on any atom is 0.108 e. The lowest BCUT2D eigenvalue weighted by Gasteiger charge is -2.24. The molecule has 0 saturated heterocycles. The van der Waals surface area contributed by atoms with E-state index in [-0.39, 0.29) is 12.1 Å². The summed E-state index contributed by atoms with van der Waals surface area (Å²) in [6.45, 7) is 0. The van der Waals surface area contributed by atoms with E-state index in [1.54, 1.807) is 12.4 Å². The number of fused-ring (bicyclic) bond motifs is 1. The summed E-state index contributed by atoms with van der Waals surface area (Å²) in [5, 5.41) is 0. The van der Waals surface area contributed by atoms with Crippen molar-refractivity contribution in [2.75, 3.05) is 0 Å². The molecule has 12 heavy (non-hydrogen) atoms. The molecule has 0 aromatic heterocycles. The summed E-state index contributed by atoms with van der Waals surface area (Å²) >= 11 is 6.93. The normalized spacial score (nSPS) is 32.5. The van der Waals surface area contributed by atoms with E-state index >= 15 is 0 Å². The van der Waals surface area contributed by atoms with Gasteiger partial charge in [0.05, 0.1) is 0 Å². The second-order valence-corrected chi connectivity index (χ2v) is 4.42. The van der Waals surface area contributed by atoms with Crippen LogP contribution in [0, 0.1) is 0 Å². The van der Waals surface area contributed by atoms with Crippen molar-refractivity contribution in [3.8, 4) is 0 Å². The maximum atomic E-state index is 4.32. The van der Waals surface area contributed by atoms with E-state index in [9.17, 15) is 0 Å². The highest BCUT2D eigenvalue weighted by Crippen LogP contribution is 2.32. The standard InChI is InChI=1S/C8H6Br2N2/c9-5-1-2-6(10)8-7(5)11-3-4-12-8/h1-4,7-8H. The van der Waals surface area contributed by atoms with Gasteiger partial charge in [-0.05, 0) is 12.2 Å². The van der Waals surface area contributed by atoms with Crippen LogP contribution < -0.4 is 0 Å². The molecule has 1 heterocycles. The van der Waals surface area contributed by atoms with Crippen LogP contribution in [-0.4, -0.2) is 24.5 Å². The molecule has 0 saturated carbocycles. The molecule has 0 bridgehead atoms. The summed E-state index contributed by atoms with van der Waals surface area (Å²) in [7, 11) is 0. The molecule has 0 spiro atoms. The Kier molecular flexibility index (Phi) is 2.28. The number of aliphatic imine (C=N–C) groups is 2. The van der Waals surface area contributed by atoms with E-state index in [4.69, 9.17) is 0 Å². The largest absolute Gasteiger partial charge is 0.280 e. The van der Waals surface area contributed by atoms with Crippen LogP contribution in [0.2, 0.25) is 0 Å². The highest BCUT2D eigenvalue weighted by molar-refractivity contribution is 9.12. The van der Waals surface area contributed by atoms with Crippen molar-refractivity contribution >= 4 is 44.3 Å². The van der Waals surface area contributed by atoms with Crippen molar-refractivity contribution in [3.63, 3.8) is 0 Å². The molecule has 0 aromatic carbocycles. The van der Waals surface area contributed by atoms with Gasteiger partial charge >= 0.3 is 0 Å². The average Bonchev–Trinajstić information content (AvgIpc) is 2.12. The van der Waals surface area contributed by atoms with Crippen molar-refractivity contribution in [1.29, 1.82) is 0 Å². The zero-order valence-corrected chi connectivity index (χ0v) is 9.29. The van der Waals surface area contributed by atoms with Crippen LogP contribution in [-0.2, 0) is 0 Å². The van der Waals surface area contributed by atoms with E-state index in [2.05, 4.69) is 41.8 Å². The molecule has 2 rings (SSSR count). The summed E-state index contributed by atoms with van der Waals surface area (Å²) < 4.78 is 2.17. The van der Waals surface area contributed by atoms with Crippen molar-refractivity contribution < 1.29 is 0 Å². The van der Waals surface area contributed by atoms with Gasteiger partial charge in [0.25, 0.3) is 0 Å². The number of rotatable bonds is 0. The Morgan fingerprint density at radius 2 is 1.33 bits per heavy atom. The SMILES string of the molecule is BrC1=CC=C(Br)C2N=CC=NC12. The lowest BCUT2D eigenvalue weighted by molar-refractivity contribution is 0.691. The summed E-state index contributed by atoms with van der Waals surface area (Å²) in [6, 6.07) is 0.267.